The smallest absolute Gasteiger partial charge is 0.233 e. The number of nitrogens with one attached hydrogen (secondary N) is 2. The molecule has 0 aliphatic rings. The number of hydrogen-bond acceptors (Lipinski definition) is 7. The summed E-state index contributed by atoms with van der Waals surface area (Å²) in [6.45, 7) is 7.09. The maximum atomic E-state index is 12.3. The normalized spacial score (nSPS) is 11.8. The number of hydrogen-bond donors (Lipinski definition) is 2. The highest BCUT2D eigenvalue weighted by molar-refractivity contribution is 8.04. The molecule has 9 heteroatoms. The molecule has 1 heterocycles. The van der Waals surface area contributed by atoms with Gasteiger partial charge in [0.2, 0.25) is 11.8 Å². The van der Waals surface area contributed by atoms with E-state index in [0.717, 1.165) is 20.7 Å². The fraction of sp³-hybridized carbons (Fsp3) is 0.444. The van der Waals surface area contributed by atoms with Crippen molar-refractivity contribution < 1.29 is 9.59 Å². The van der Waals surface area contributed by atoms with Gasteiger partial charge in [0.25, 0.3) is 0 Å². The number of rotatable bonds is 10. The Morgan fingerprint density at radius 3 is 2.56 bits per heavy atom. The van der Waals surface area contributed by atoms with Gasteiger partial charge in [-0.05, 0) is 25.8 Å². The largest absolute Gasteiger partial charge is 0.355 e. The summed E-state index contributed by atoms with van der Waals surface area (Å²) < 4.78 is 1.46. The van der Waals surface area contributed by atoms with E-state index in [2.05, 4.69) is 20.8 Å². The third-order valence-electron chi connectivity index (χ3n) is 3.52. The average molecular weight is 425 g/mol. The van der Waals surface area contributed by atoms with Crippen molar-refractivity contribution in [2.45, 2.75) is 47.7 Å². The van der Waals surface area contributed by atoms with Gasteiger partial charge in [0.1, 0.15) is 0 Å². The van der Waals surface area contributed by atoms with Crippen LogP contribution in [0.25, 0.3) is 0 Å². The molecular formula is C18H24N4O2S3. The summed E-state index contributed by atoms with van der Waals surface area (Å²) in [7, 11) is 0. The van der Waals surface area contributed by atoms with Gasteiger partial charge >= 0.3 is 0 Å². The quantitative estimate of drug-likeness (QED) is 0.570. The van der Waals surface area contributed by atoms with Crippen molar-refractivity contribution in [3.8, 4) is 0 Å². The maximum absolute atomic E-state index is 12.3. The number of benzene rings is 1. The molecule has 0 fully saturated rings. The van der Waals surface area contributed by atoms with Gasteiger partial charge in [-0.3, -0.25) is 9.59 Å². The Kier molecular flexibility index (Phi) is 9.09. The second-order valence-electron chi connectivity index (χ2n) is 5.94. The predicted octanol–water partition coefficient (Wildman–Crippen LogP) is 3.26. The van der Waals surface area contributed by atoms with Crippen LogP contribution in [-0.4, -0.2) is 39.6 Å². The third kappa shape index (κ3) is 7.90. The molecule has 6 nitrogen and oxygen atoms in total. The Morgan fingerprint density at radius 1 is 1.15 bits per heavy atom. The minimum atomic E-state index is -0.269. The van der Waals surface area contributed by atoms with Crippen LogP contribution in [0.15, 0.2) is 32.9 Å². The molecule has 0 spiro atoms. The summed E-state index contributed by atoms with van der Waals surface area (Å²) in [6, 6.07) is 8.09. The molecule has 1 unspecified atom stereocenters. The zero-order valence-electron chi connectivity index (χ0n) is 15.7. The number of nitrogens with zero attached hydrogens (tertiary/aromatic N) is 2. The van der Waals surface area contributed by atoms with Crippen molar-refractivity contribution in [1.82, 2.24) is 20.8 Å². The Balaban J connectivity index is 1.75. The van der Waals surface area contributed by atoms with E-state index in [1.54, 1.807) is 0 Å². The van der Waals surface area contributed by atoms with Crippen LogP contribution < -0.4 is 10.6 Å². The monoisotopic (exact) mass is 424 g/mol. The zero-order valence-corrected chi connectivity index (χ0v) is 18.1. The van der Waals surface area contributed by atoms with Crippen LogP contribution in [0.5, 0.6) is 0 Å². The second kappa shape index (κ2) is 11.3. The molecule has 0 saturated carbocycles. The highest BCUT2D eigenvalue weighted by Crippen LogP contribution is 2.31. The first kappa shape index (κ1) is 21.7. The first-order valence-electron chi connectivity index (χ1n) is 8.71. The molecule has 146 valence electrons. The fourth-order valence-corrected chi connectivity index (χ4v) is 5.01. The van der Waals surface area contributed by atoms with Crippen LogP contribution in [0.4, 0.5) is 0 Å². The lowest BCUT2D eigenvalue weighted by atomic mass is 10.1. The van der Waals surface area contributed by atoms with Crippen molar-refractivity contribution in [2.24, 2.45) is 0 Å². The second-order valence-corrected chi connectivity index (χ2v) is 9.72. The minimum absolute atomic E-state index is 0.00453. The van der Waals surface area contributed by atoms with Gasteiger partial charge < -0.3 is 10.6 Å². The molecule has 0 saturated heterocycles. The summed E-state index contributed by atoms with van der Waals surface area (Å²) in [6.07, 6.45) is 0.917. The summed E-state index contributed by atoms with van der Waals surface area (Å²) in [4.78, 5) is 23.9. The topological polar surface area (TPSA) is 84.0 Å². The molecular weight excluding hydrogens is 400 g/mol. The van der Waals surface area contributed by atoms with Crippen molar-refractivity contribution >= 4 is 46.7 Å². The Hall–Kier alpha value is -1.58. The van der Waals surface area contributed by atoms with Crippen LogP contribution in [0.3, 0.4) is 0 Å². The maximum Gasteiger partial charge on any atom is 0.233 e. The van der Waals surface area contributed by atoms with Crippen LogP contribution >= 0.6 is 34.9 Å². The number of carbonyl (C=O) groups is 2. The van der Waals surface area contributed by atoms with Gasteiger partial charge in [-0.2, -0.15) is 0 Å². The van der Waals surface area contributed by atoms with Crippen LogP contribution in [0.1, 0.15) is 31.4 Å². The van der Waals surface area contributed by atoms with E-state index in [9.17, 15) is 9.59 Å². The molecule has 2 rings (SSSR count). The molecule has 2 amide bonds. The summed E-state index contributed by atoms with van der Waals surface area (Å²) in [5, 5.41) is 13.7. The molecule has 2 aromatic rings. The summed E-state index contributed by atoms with van der Waals surface area (Å²) in [5.41, 5.74) is 2.27. The van der Waals surface area contributed by atoms with E-state index in [1.165, 1.54) is 40.4 Å². The van der Waals surface area contributed by atoms with Gasteiger partial charge in [-0.15, -0.1) is 10.2 Å². The average Bonchev–Trinajstić information content (AvgIpc) is 3.11. The molecule has 2 N–H and O–H groups in total. The van der Waals surface area contributed by atoms with Crippen LogP contribution in [0.2, 0.25) is 0 Å². The van der Waals surface area contributed by atoms with E-state index in [0.29, 0.717) is 18.8 Å². The van der Waals surface area contributed by atoms with Crippen molar-refractivity contribution in [2.75, 3.05) is 12.3 Å². The summed E-state index contributed by atoms with van der Waals surface area (Å²) in [5.74, 6) is 0.283. The predicted molar refractivity (Wildman–Crippen MR) is 112 cm³/mol. The number of aromatic nitrogens is 2. The molecule has 1 aromatic carbocycles. The van der Waals surface area contributed by atoms with Gasteiger partial charge in [0.05, 0.1) is 11.0 Å². The third-order valence-corrected chi connectivity index (χ3v) is 6.76. The van der Waals surface area contributed by atoms with E-state index >= 15 is 0 Å². The van der Waals surface area contributed by atoms with Crippen molar-refractivity contribution in [3.63, 3.8) is 0 Å². The lowest BCUT2D eigenvalue weighted by Gasteiger charge is -2.10. The Bertz CT molecular complexity index is 749. The van der Waals surface area contributed by atoms with E-state index in [-0.39, 0.29) is 17.1 Å². The summed E-state index contributed by atoms with van der Waals surface area (Å²) >= 11 is 4.14. The van der Waals surface area contributed by atoms with Crippen LogP contribution in [0, 0.1) is 6.92 Å². The molecule has 0 bridgehead atoms. The molecule has 0 aliphatic heterocycles. The molecule has 0 radical (unpaired) electrons. The van der Waals surface area contributed by atoms with E-state index in [4.69, 9.17) is 0 Å². The lowest BCUT2D eigenvalue weighted by Crippen LogP contribution is -2.30. The first-order chi connectivity index (χ1) is 13.0. The van der Waals surface area contributed by atoms with E-state index < -0.39 is 0 Å². The number of thioether (sulfide) groups is 2. The zero-order chi connectivity index (χ0) is 19.6. The fourth-order valence-electron chi connectivity index (χ4n) is 1.99. The molecule has 1 aromatic heterocycles. The SMILES string of the molecule is CCCNC(=O)CSc1nnc(SC(C)C(=O)NCc2ccc(C)cc2)s1. The van der Waals surface area contributed by atoms with Gasteiger partial charge in [0.15, 0.2) is 8.68 Å². The number of carbonyl (C=O) groups excluding carboxylic acids is 2. The number of aryl methyl sites for hydroxylation is 1. The highest BCUT2D eigenvalue weighted by Gasteiger charge is 2.17. The van der Waals surface area contributed by atoms with Crippen molar-refractivity contribution in [1.29, 1.82) is 0 Å². The van der Waals surface area contributed by atoms with Gasteiger partial charge in [-0.25, -0.2) is 0 Å². The number of amides is 2. The Labute approximate surface area is 172 Å². The van der Waals surface area contributed by atoms with Gasteiger partial charge in [0, 0.05) is 13.1 Å². The minimum Gasteiger partial charge on any atom is -0.355 e. The highest BCUT2D eigenvalue weighted by atomic mass is 32.2. The standard InChI is InChI=1S/C18H24N4O2S3/c1-4-9-19-15(23)11-25-17-21-22-18(27-17)26-13(3)16(24)20-10-14-7-5-12(2)6-8-14/h5-8,13H,4,9-11H2,1-3H3,(H,19,23)(H,20,24). The lowest BCUT2D eigenvalue weighted by molar-refractivity contribution is -0.120. The molecule has 0 aliphatic carbocycles. The molecule has 27 heavy (non-hydrogen) atoms. The van der Waals surface area contributed by atoms with Gasteiger partial charge in [-0.1, -0.05) is 71.6 Å². The van der Waals surface area contributed by atoms with Crippen molar-refractivity contribution in [3.05, 3.63) is 35.4 Å². The van der Waals surface area contributed by atoms with Crippen LogP contribution in [-0.2, 0) is 16.1 Å². The first-order valence-corrected chi connectivity index (χ1v) is 11.4. The Morgan fingerprint density at radius 2 is 1.85 bits per heavy atom. The molecule has 1 atom stereocenters. The van der Waals surface area contributed by atoms with E-state index in [1.807, 2.05) is 45.0 Å².